The molecule has 2 fully saturated rings. The molecule has 0 aromatic heterocycles. The number of hydrogen-bond acceptors (Lipinski definition) is 2. The maximum Gasteiger partial charge on any atom is 0.408 e. The van der Waals surface area contributed by atoms with Crippen LogP contribution in [0.1, 0.15) is 26.7 Å². The summed E-state index contributed by atoms with van der Waals surface area (Å²) in [6, 6.07) is -2.58. The van der Waals surface area contributed by atoms with Gasteiger partial charge in [0.15, 0.2) is 0 Å². The van der Waals surface area contributed by atoms with Gasteiger partial charge in [-0.3, -0.25) is 9.69 Å². The predicted molar refractivity (Wildman–Crippen MR) is 64.7 cm³/mol. The predicted octanol–water partition coefficient (Wildman–Crippen LogP) is 1.55. The highest BCUT2D eigenvalue weighted by molar-refractivity contribution is 5.87. The lowest BCUT2D eigenvalue weighted by atomic mass is 10.0. The van der Waals surface area contributed by atoms with Gasteiger partial charge in [0.05, 0.1) is 6.67 Å². The van der Waals surface area contributed by atoms with Crippen molar-refractivity contribution in [3.05, 3.63) is 0 Å². The SMILES string of the molecule is CC(C)[C@H](NC(=O)N1CC(=O)N(C2CC2)C1)C(F)(F)F. The highest BCUT2D eigenvalue weighted by atomic mass is 19.4. The smallest absolute Gasteiger partial charge is 0.326 e. The molecule has 0 bridgehead atoms. The third-order valence-corrected chi connectivity index (χ3v) is 3.54. The van der Waals surface area contributed by atoms with E-state index in [0.29, 0.717) is 0 Å². The summed E-state index contributed by atoms with van der Waals surface area (Å²) >= 11 is 0. The highest BCUT2D eigenvalue weighted by Gasteiger charge is 2.45. The van der Waals surface area contributed by atoms with Crippen LogP contribution in [0.25, 0.3) is 0 Å². The van der Waals surface area contributed by atoms with Crippen molar-refractivity contribution in [3.8, 4) is 0 Å². The summed E-state index contributed by atoms with van der Waals surface area (Å²) in [5.41, 5.74) is 0. The van der Waals surface area contributed by atoms with Crippen LogP contribution in [0.3, 0.4) is 0 Å². The van der Waals surface area contributed by atoms with E-state index in [0.717, 1.165) is 17.7 Å². The van der Waals surface area contributed by atoms with Crippen molar-refractivity contribution >= 4 is 11.9 Å². The molecule has 2 aliphatic rings. The zero-order chi connectivity index (χ0) is 15.1. The van der Waals surface area contributed by atoms with E-state index in [4.69, 9.17) is 0 Å². The van der Waals surface area contributed by atoms with Gasteiger partial charge in [-0.05, 0) is 18.8 Å². The molecule has 0 radical (unpaired) electrons. The second-order valence-electron chi connectivity index (χ2n) is 5.65. The molecule has 1 aliphatic carbocycles. The van der Waals surface area contributed by atoms with Crippen LogP contribution in [0.15, 0.2) is 0 Å². The largest absolute Gasteiger partial charge is 0.408 e. The molecule has 1 heterocycles. The highest BCUT2D eigenvalue weighted by Crippen LogP contribution is 2.30. The van der Waals surface area contributed by atoms with Gasteiger partial charge in [-0.1, -0.05) is 13.8 Å². The minimum absolute atomic E-state index is 0.0814. The number of urea groups is 1. The summed E-state index contributed by atoms with van der Waals surface area (Å²) in [6.07, 6.45) is -2.69. The average molecular weight is 293 g/mol. The minimum atomic E-state index is -4.50. The summed E-state index contributed by atoms with van der Waals surface area (Å²) in [5, 5.41) is 1.98. The van der Waals surface area contributed by atoms with Crippen LogP contribution in [-0.2, 0) is 4.79 Å². The average Bonchev–Trinajstić information content (AvgIpc) is 3.07. The number of nitrogens with zero attached hydrogens (tertiary/aromatic N) is 2. The zero-order valence-electron chi connectivity index (χ0n) is 11.4. The third kappa shape index (κ3) is 3.16. The molecule has 114 valence electrons. The molecule has 2 rings (SSSR count). The number of rotatable bonds is 3. The first-order valence-corrected chi connectivity index (χ1v) is 6.61. The third-order valence-electron chi connectivity index (χ3n) is 3.54. The Morgan fingerprint density at radius 1 is 1.35 bits per heavy atom. The second-order valence-corrected chi connectivity index (χ2v) is 5.65. The van der Waals surface area contributed by atoms with Gasteiger partial charge in [0.1, 0.15) is 12.6 Å². The minimum Gasteiger partial charge on any atom is -0.326 e. The first-order valence-electron chi connectivity index (χ1n) is 6.61. The maximum absolute atomic E-state index is 12.8. The summed E-state index contributed by atoms with van der Waals surface area (Å²) < 4.78 is 38.4. The topological polar surface area (TPSA) is 52.7 Å². The fraction of sp³-hybridized carbons (Fsp3) is 0.833. The number of amides is 3. The normalized spacial score (nSPS) is 21.6. The monoisotopic (exact) mass is 293 g/mol. The van der Waals surface area contributed by atoms with E-state index >= 15 is 0 Å². The van der Waals surface area contributed by atoms with Gasteiger partial charge < -0.3 is 10.2 Å². The van der Waals surface area contributed by atoms with Crippen LogP contribution < -0.4 is 5.32 Å². The molecule has 1 saturated heterocycles. The summed E-state index contributed by atoms with van der Waals surface area (Å²) in [7, 11) is 0. The van der Waals surface area contributed by atoms with Gasteiger partial charge in [0.2, 0.25) is 5.91 Å². The Morgan fingerprint density at radius 2 is 1.95 bits per heavy atom. The lowest BCUT2D eigenvalue weighted by Gasteiger charge is -2.27. The molecular formula is C12H18F3N3O2. The Hall–Kier alpha value is -1.47. The molecule has 8 heteroatoms. The van der Waals surface area contributed by atoms with Gasteiger partial charge in [0.25, 0.3) is 0 Å². The van der Waals surface area contributed by atoms with E-state index in [2.05, 4.69) is 0 Å². The molecule has 0 aromatic rings. The molecule has 1 atom stereocenters. The molecule has 3 amide bonds. The van der Waals surface area contributed by atoms with E-state index in [9.17, 15) is 22.8 Å². The van der Waals surface area contributed by atoms with Gasteiger partial charge in [-0.2, -0.15) is 13.2 Å². The molecule has 1 aliphatic heterocycles. The second kappa shape index (κ2) is 5.14. The van der Waals surface area contributed by atoms with Crippen molar-refractivity contribution in [2.24, 2.45) is 5.92 Å². The van der Waals surface area contributed by atoms with Crippen LogP contribution >= 0.6 is 0 Å². The number of carbonyl (C=O) groups excluding carboxylic acids is 2. The lowest BCUT2D eigenvalue weighted by molar-refractivity contribution is -0.162. The Morgan fingerprint density at radius 3 is 2.40 bits per heavy atom. The maximum atomic E-state index is 12.8. The fourth-order valence-corrected chi connectivity index (χ4v) is 2.26. The lowest BCUT2D eigenvalue weighted by Crippen LogP contribution is -2.52. The standard InChI is InChI=1S/C12H18F3N3O2/c1-7(2)10(12(13,14)15)16-11(20)17-5-9(19)18(6-17)8-3-4-8/h7-8,10H,3-6H2,1-2H3,(H,16,20)/t10-/m0/s1. The van der Waals surface area contributed by atoms with Crippen LogP contribution in [-0.4, -0.2) is 53.2 Å². The number of halogens is 3. The first-order chi connectivity index (χ1) is 9.20. The van der Waals surface area contributed by atoms with Crippen molar-refractivity contribution in [1.82, 2.24) is 15.1 Å². The molecular weight excluding hydrogens is 275 g/mol. The van der Waals surface area contributed by atoms with E-state index < -0.39 is 24.2 Å². The van der Waals surface area contributed by atoms with Crippen LogP contribution in [0.4, 0.5) is 18.0 Å². The van der Waals surface area contributed by atoms with Crippen LogP contribution in [0.2, 0.25) is 0 Å². The van der Waals surface area contributed by atoms with Gasteiger partial charge in [-0.25, -0.2) is 4.79 Å². The fourth-order valence-electron chi connectivity index (χ4n) is 2.26. The Labute approximate surface area is 115 Å². The Bertz CT molecular complexity index is 407. The Balaban J connectivity index is 1.96. The number of hydrogen-bond donors (Lipinski definition) is 1. The molecule has 20 heavy (non-hydrogen) atoms. The van der Waals surface area contributed by atoms with Crippen molar-refractivity contribution in [3.63, 3.8) is 0 Å². The number of nitrogens with one attached hydrogen (secondary N) is 1. The van der Waals surface area contributed by atoms with Crippen molar-refractivity contribution in [1.29, 1.82) is 0 Å². The summed E-state index contributed by atoms with van der Waals surface area (Å²) in [6.45, 7) is 2.72. The Kier molecular flexibility index (Phi) is 3.84. The first kappa shape index (κ1) is 14.9. The van der Waals surface area contributed by atoms with Gasteiger partial charge in [-0.15, -0.1) is 0 Å². The molecule has 1 saturated carbocycles. The van der Waals surface area contributed by atoms with Crippen molar-refractivity contribution in [2.75, 3.05) is 13.2 Å². The molecule has 5 nitrogen and oxygen atoms in total. The van der Waals surface area contributed by atoms with Gasteiger partial charge >= 0.3 is 12.2 Å². The number of carbonyl (C=O) groups is 2. The number of alkyl halides is 3. The van der Waals surface area contributed by atoms with Gasteiger partial charge in [0, 0.05) is 6.04 Å². The summed E-state index contributed by atoms with van der Waals surface area (Å²) in [4.78, 5) is 26.2. The quantitative estimate of drug-likeness (QED) is 0.858. The molecule has 1 N–H and O–H groups in total. The summed E-state index contributed by atoms with van der Waals surface area (Å²) in [5.74, 6) is -0.965. The van der Waals surface area contributed by atoms with E-state index in [1.165, 1.54) is 13.8 Å². The van der Waals surface area contributed by atoms with Crippen molar-refractivity contribution < 1.29 is 22.8 Å². The van der Waals surface area contributed by atoms with E-state index in [-0.39, 0.29) is 25.2 Å². The van der Waals surface area contributed by atoms with E-state index in [1.54, 1.807) is 4.90 Å². The van der Waals surface area contributed by atoms with Crippen LogP contribution in [0, 0.1) is 5.92 Å². The van der Waals surface area contributed by atoms with E-state index in [1.807, 2.05) is 5.32 Å². The van der Waals surface area contributed by atoms with Crippen molar-refractivity contribution in [2.45, 2.75) is 44.9 Å². The zero-order valence-corrected chi connectivity index (χ0v) is 11.4. The molecule has 0 spiro atoms. The van der Waals surface area contributed by atoms with Crippen LogP contribution in [0.5, 0.6) is 0 Å². The molecule has 0 unspecified atom stereocenters. The molecule has 0 aromatic carbocycles.